The van der Waals surface area contributed by atoms with Crippen molar-refractivity contribution < 1.29 is 41.8 Å². The molecule has 0 amide bonds. The fourth-order valence-corrected chi connectivity index (χ4v) is 6.18. The van der Waals surface area contributed by atoms with Crippen LogP contribution in [-0.4, -0.2) is 63.4 Å². The Bertz CT molecular complexity index is 1320. The molecule has 1 saturated heterocycles. The van der Waals surface area contributed by atoms with Gasteiger partial charge < -0.3 is 24.8 Å². The van der Waals surface area contributed by atoms with Gasteiger partial charge in [-0.15, -0.1) is 0 Å². The maximum absolute atomic E-state index is 14.2. The maximum Gasteiger partial charge on any atom is 0.380 e. The van der Waals surface area contributed by atoms with Crippen molar-refractivity contribution in [2.45, 2.75) is 63.9 Å². The Morgan fingerprint density at radius 3 is 2.49 bits per heavy atom. The number of nitrogens with one attached hydrogen (secondary N) is 1. The molecular weight excluding hydrogens is 543 g/mol. The summed E-state index contributed by atoms with van der Waals surface area (Å²) in [6.45, 7) is 4.70. The summed E-state index contributed by atoms with van der Waals surface area (Å²) in [5.74, 6) is -2.79. The molecule has 4 N–H and O–H groups in total. The van der Waals surface area contributed by atoms with E-state index < -0.39 is 85.6 Å². The van der Waals surface area contributed by atoms with Crippen LogP contribution in [0, 0.1) is 11.7 Å². The average molecular weight is 576 g/mol. The lowest BCUT2D eigenvalue weighted by atomic mass is 9.91. The smallest absolute Gasteiger partial charge is 0.380 e. The van der Waals surface area contributed by atoms with Crippen molar-refractivity contribution in [1.82, 2.24) is 9.55 Å². The number of nitrogens with two attached hydrogens (primary N) is 1. The van der Waals surface area contributed by atoms with E-state index >= 15 is 0 Å². The van der Waals surface area contributed by atoms with Crippen LogP contribution >= 0.6 is 7.60 Å². The van der Waals surface area contributed by atoms with Gasteiger partial charge >= 0.3 is 19.3 Å². The standard InChI is InChI=1S/C24H32F2N3O9P/c1-13(2)35-21(32)14(3)11-39(34,38-16-8-6-5-7-9-16)37-15(4)18-19(30)24(27,12-25)22(36-18)29-10-17(26)20(31)28-23(29)33/h5-10,13-15,18-19,22,30H,11-12,27H2,1-4H3,(H,28,31,33)/t14-,15+,18-,19+,22-,24?,39-/m1/s1. The van der Waals surface area contributed by atoms with Crippen LogP contribution < -0.4 is 21.5 Å². The van der Waals surface area contributed by atoms with E-state index in [1.165, 1.54) is 26.0 Å². The number of H-pyrrole nitrogens is 1. The molecule has 1 aliphatic rings. The number of alkyl halides is 1. The fourth-order valence-electron chi connectivity index (χ4n) is 4.09. The molecule has 3 rings (SSSR count). The molecule has 7 atom stereocenters. The second-order valence-corrected chi connectivity index (χ2v) is 11.7. The van der Waals surface area contributed by atoms with Gasteiger partial charge in [-0.2, -0.15) is 4.39 Å². The number of carbonyl (C=O) groups excluding carboxylic acids is 1. The van der Waals surface area contributed by atoms with Crippen LogP contribution in [0.15, 0.2) is 46.1 Å². The van der Waals surface area contributed by atoms with Gasteiger partial charge in [-0.05, 0) is 32.9 Å². The maximum atomic E-state index is 14.2. The topological polar surface area (TPSA) is 172 Å². The highest BCUT2D eigenvalue weighted by molar-refractivity contribution is 7.54. The molecule has 1 aromatic carbocycles. The largest absolute Gasteiger partial charge is 0.463 e. The number of aromatic amines is 1. The molecule has 15 heteroatoms. The van der Waals surface area contributed by atoms with Crippen LogP contribution in [-0.2, 0) is 23.4 Å². The summed E-state index contributed by atoms with van der Waals surface area (Å²) in [5.41, 5.74) is 1.32. The summed E-state index contributed by atoms with van der Waals surface area (Å²) in [7, 11) is -4.20. The minimum absolute atomic E-state index is 0.162. The van der Waals surface area contributed by atoms with E-state index in [1.54, 1.807) is 37.0 Å². The Balaban J connectivity index is 1.91. The monoisotopic (exact) mass is 575 g/mol. The Kier molecular flexibility index (Phi) is 9.50. The van der Waals surface area contributed by atoms with Crippen LogP contribution in [0.25, 0.3) is 0 Å². The zero-order valence-corrected chi connectivity index (χ0v) is 22.7. The minimum atomic E-state index is -4.20. The first-order valence-corrected chi connectivity index (χ1v) is 13.9. The second kappa shape index (κ2) is 12.1. The van der Waals surface area contributed by atoms with Crippen molar-refractivity contribution in [1.29, 1.82) is 0 Å². The SMILES string of the molecule is CC(C)OC(=O)[C@H](C)C[P@](=O)(Oc1ccccc1)O[C@@H](C)[C@H]1O[C@@H](n2cc(F)c(=O)[nH]c2=O)C(N)(CF)[C@H]1O. The number of hydrogen-bond acceptors (Lipinski definition) is 10. The first kappa shape index (κ1) is 30.6. The van der Waals surface area contributed by atoms with Gasteiger partial charge in [-0.3, -0.25) is 23.7 Å². The van der Waals surface area contributed by atoms with Crippen LogP contribution in [0.5, 0.6) is 5.75 Å². The third-order valence-corrected chi connectivity index (χ3v) is 8.18. The molecule has 0 aliphatic carbocycles. The lowest BCUT2D eigenvalue weighted by Crippen LogP contribution is -2.58. The van der Waals surface area contributed by atoms with Crippen LogP contribution in [0.1, 0.15) is 33.9 Å². The summed E-state index contributed by atoms with van der Waals surface area (Å²) >= 11 is 0. The number of para-hydroxylation sites is 1. The van der Waals surface area contributed by atoms with Crippen molar-refractivity contribution in [3.05, 3.63) is 63.2 Å². The average Bonchev–Trinajstić information content (AvgIpc) is 3.12. The number of halogens is 2. The number of ether oxygens (including phenoxy) is 2. The molecule has 1 aliphatic heterocycles. The fraction of sp³-hybridized carbons (Fsp3) is 0.542. The number of nitrogens with zero attached hydrogens (tertiary/aromatic N) is 1. The third kappa shape index (κ3) is 6.82. The second-order valence-electron chi connectivity index (χ2n) is 9.68. The van der Waals surface area contributed by atoms with Crippen molar-refractivity contribution in [2.75, 3.05) is 12.8 Å². The van der Waals surface area contributed by atoms with Crippen LogP contribution in [0.3, 0.4) is 0 Å². The number of aliphatic hydroxyl groups is 1. The van der Waals surface area contributed by atoms with Gasteiger partial charge in [-0.25, -0.2) is 13.8 Å². The van der Waals surface area contributed by atoms with Gasteiger partial charge in [0.05, 0.1) is 30.5 Å². The molecular formula is C24H32F2N3O9P. The van der Waals surface area contributed by atoms with Crippen molar-refractivity contribution >= 4 is 13.6 Å². The van der Waals surface area contributed by atoms with E-state index in [0.29, 0.717) is 10.8 Å². The molecule has 0 radical (unpaired) electrons. The molecule has 0 saturated carbocycles. The lowest BCUT2D eigenvalue weighted by molar-refractivity contribution is -0.151. The van der Waals surface area contributed by atoms with Crippen LogP contribution in [0.4, 0.5) is 8.78 Å². The number of aliphatic hydroxyl groups excluding tert-OH is 1. The Morgan fingerprint density at radius 2 is 1.90 bits per heavy atom. The summed E-state index contributed by atoms with van der Waals surface area (Å²) in [6.07, 6.45) is -6.80. The number of benzene rings is 1. The zero-order chi connectivity index (χ0) is 29.1. The zero-order valence-electron chi connectivity index (χ0n) is 21.8. The van der Waals surface area contributed by atoms with Gasteiger partial charge in [0.15, 0.2) is 6.23 Å². The predicted molar refractivity (Wildman–Crippen MR) is 135 cm³/mol. The van der Waals surface area contributed by atoms with Gasteiger partial charge in [0, 0.05) is 0 Å². The molecule has 216 valence electrons. The molecule has 39 heavy (non-hydrogen) atoms. The molecule has 12 nitrogen and oxygen atoms in total. The van der Waals surface area contributed by atoms with Gasteiger partial charge in [0.1, 0.15) is 30.2 Å². The van der Waals surface area contributed by atoms with Gasteiger partial charge in [0.25, 0.3) is 5.56 Å². The molecule has 0 bridgehead atoms. The number of hydrogen-bond donors (Lipinski definition) is 3. The number of rotatable bonds is 11. The normalized spacial score (nSPS) is 26.1. The first-order valence-electron chi connectivity index (χ1n) is 12.1. The molecule has 1 aromatic heterocycles. The molecule has 0 spiro atoms. The van der Waals surface area contributed by atoms with Crippen molar-refractivity contribution in [2.24, 2.45) is 11.7 Å². The highest BCUT2D eigenvalue weighted by atomic mass is 31.2. The molecule has 1 fully saturated rings. The van der Waals surface area contributed by atoms with E-state index in [2.05, 4.69) is 0 Å². The Morgan fingerprint density at radius 1 is 1.26 bits per heavy atom. The number of carbonyl (C=O) groups is 1. The van der Waals surface area contributed by atoms with Gasteiger partial charge in [-0.1, -0.05) is 25.1 Å². The predicted octanol–water partition coefficient (Wildman–Crippen LogP) is 1.87. The van der Waals surface area contributed by atoms with E-state index in [9.17, 15) is 32.8 Å². The third-order valence-electron chi connectivity index (χ3n) is 6.04. The summed E-state index contributed by atoms with van der Waals surface area (Å²) in [4.78, 5) is 37.9. The molecule has 1 unspecified atom stereocenters. The molecule has 2 aromatic rings. The number of esters is 1. The quantitative estimate of drug-likeness (QED) is 0.265. The summed E-state index contributed by atoms with van der Waals surface area (Å²) in [5, 5.41) is 10.9. The minimum Gasteiger partial charge on any atom is -0.463 e. The van der Waals surface area contributed by atoms with E-state index in [1.807, 2.05) is 0 Å². The lowest BCUT2D eigenvalue weighted by Gasteiger charge is -2.31. The van der Waals surface area contributed by atoms with Crippen LogP contribution in [0.2, 0.25) is 0 Å². The summed E-state index contributed by atoms with van der Waals surface area (Å²) < 4.78 is 64.9. The van der Waals surface area contributed by atoms with Crippen molar-refractivity contribution in [3.63, 3.8) is 0 Å². The Labute approximate surface area is 222 Å². The summed E-state index contributed by atoms with van der Waals surface area (Å²) in [6, 6.07) is 7.98. The van der Waals surface area contributed by atoms with Gasteiger partial charge in [0.2, 0.25) is 5.82 Å². The highest BCUT2D eigenvalue weighted by Crippen LogP contribution is 2.52. The highest BCUT2D eigenvalue weighted by Gasteiger charge is 2.58. The molecule has 2 heterocycles. The number of aromatic nitrogens is 2. The van der Waals surface area contributed by atoms with Crippen molar-refractivity contribution in [3.8, 4) is 5.75 Å². The van der Waals surface area contributed by atoms with E-state index in [-0.39, 0.29) is 5.75 Å². The van der Waals surface area contributed by atoms with E-state index in [4.69, 9.17) is 24.3 Å². The Hall–Kier alpha value is -2.90. The van der Waals surface area contributed by atoms with E-state index in [0.717, 1.165) is 0 Å². The first-order chi connectivity index (χ1) is 18.2.